The SMILES string of the molecule is c1ccc(C2=C(c3ccccc3)C3=NC(c4ccccc4)=C(c4ccccc4)C3=N2)cc1. The lowest BCUT2D eigenvalue weighted by molar-refractivity contribution is 1.50. The van der Waals surface area contributed by atoms with Crippen molar-refractivity contribution >= 4 is 34.0 Å². The Morgan fingerprint density at radius 2 is 0.594 bits per heavy atom. The molecule has 0 aromatic heterocycles. The van der Waals surface area contributed by atoms with Crippen LogP contribution in [0.4, 0.5) is 0 Å². The number of hydrogen-bond acceptors (Lipinski definition) is 2. The predicted molar refractivity (Wildman–Crippen MR) is 134 cm³/mol. The van der Waals surface area contributed by atoms with E-state index in [1.54, 1.807) is 0 Å². The summed E-state index contributed by atoms with van der Waals surface area (Å²) >= 11 is 0. The Hall–Kier alpha value is -4.30. The third-order valence-electron chi connectivity index (χ3n) is 5.84. The first-order valence-electron chi connectivity index (χ1n) is 10.8. The van der Waals surface area contributed by atoms with E-state index in [4.69, 9.17) is 9.98 Å². The molecular weight excluding hydrogens is 388 g/mol. The lowest BCUT2D eigenvalue weighted by Crippen LogP contribution is -2.10. The van der Waals surface area contributed by atoms with Gasteiger partial charge in [-0.05, 0) is 11.1 Å². The normalized spacial score (nSPS) is 15.0. The molecule has 32 heavy (non-hydrogen) atoms. The van der Waals surface area contributed by atoms with Crippen LogP contribution in [0.5, 0.6) is 0 Å². The minimum absolute atomic E-state index is 0.952. The fourth-order valence-electron chi connectivity index (χ4n) is 4.38. The zero-order chi connectivity index (χ0) is 21.3. The molecule has 0 aliphatic carbocycles. The second-order valence-corrected chi connectivity index (χ2v) is 7.83. The number of hydrogen-bond donors (Lipinski definition) is 0. The topological polar surface area (TPSA) is 24.7 Å². The van der Waals surface area contributed by atoms with Crippen molar-refractivity contribution in [2.45, 2.75) is 0 Å². The Morgan fingerprint density at radius 3 is 0.906 bits per heavy atom. The molecule has 0 fully saturated rings. The van der Waals surface area contributed by atoms with Crippen LogP contribution in [0.25, 0.3) is 22.5 Å². The van der Waals surface area contributed by atoms with Crippen molar-refractivity contribution in [3.05, 3.63) is 144 Å². The highest BCUT2D eigenvalue weighted by atomic mass is 14.9. The summed E-state index contributed by atoms with van der Waals surface area (Å²) in [4.78, 5) is 10.4. The first-order chi connectivity index (χ1) is 15.9. The van der Waals surface area contributed by atoms with E-state index in [-0.39, 0.29) is 0 Å². The van der Waals surface area contributed by atoms with Crippen LogP contribution in [0.2, 0.25) is 0 Å². The lowest BCUT2D eigenvalue weighted by atomic mass is 9.92. The van der Waals surface area contributed by atoms with Crippen molar-refractivity contribution in [1.29, 1.82) is 0 Å². The van der Waals surface area contributed by atoms with Gasteiger partial charge >= 0.3 is 0 Å². The molecule has 2 aliphatic rings. The third kappa shape index (κ3) is 3.05. The number of benzene rings is 4. The van der Waals surface area contributed by atoms with Crippen molar-refractivity contribution in [2.24, 2.45) is 9.98 Å². The highest BCUT2D eigenvalue weighted by Gasteiger charge is 2.36. The van der Waals surface area contributed by atoms with Gasteiger partial charge in [0.15, 0.2) is 0 Å². The van der Waals surface area contributed by atoms with E-state index in [2.05, 4.69) is 97.1 Å². The Morgan fingerprint density at radius 1 is 0.312 bits per heavy atom. The molecule has 4 aromatic carbocycles. The van der Waals surface area contributed by atoms with Gasteiger partial charge < -0.3 is 0 Å². The van der Waals surface area contributed by atoms with Crippen LogP contribution in [0.3, 0.4) is 0 Å². The minimum Gasteiger partial charge on any atom is -0.245 e. The molecule has 2 heterocycles. The summed E-state index contributed by atoms with van der Waals surface area (Å²) in [5, 5.41) is 0. The summed E-state index contributed by atoms with van der Waals surface area (Å²) in [5.41, 5.74) is 10.5. The number of allylic oxidation sites excluding steroid dienone is 2. The molecular formula is C30H20N2. The van der Waals surface area contributed by atoms with E-state index >= 15 is 0 Å². The van der Waals surface area contributed by atoms with Gasteiger partial charge in [-0.1, -0.05) is 121 Å². The monoisotopic (exact) mass is 408 g/mol. The molecule has 2 aliphatic heterocycles. The van der Waals surface area contributed by atoms with Crippen molar-refractivity contribution < 1.29 is 0 Å². The molecule has 0 amide bonds. The predicted octanol–water partition coefficient (Wildman–Crippen LogP) is 7.03. The van der Waals surface area contributed by atoms with Crippen LogP contribution < -0.4 is 0 Å². The third-order valence-corrected chi connectivity index (χ3v) is 5.84. The fourth-order valence-corrected chi connectivity index (χ4v) is 4.38. The van der Waals surface area contributed by atoms with Crippen molar-refractivity contribution in [1.82, 2.24) is 0 Å². The Labute approximate surface area is 187 Å². The van der Waals surface area contributed by atoms with E-state index in [0.29, 0.717) is 0 Å². The van der Waals surface area contributed by atoms with E-state index in [1.807, 2.05) is 24.3 Å². The van der Waals surface area contributed by atoms with Crippen LogP contribution >= 0.6 is 0 Å². The average molecular weight is 409 g/mol. The highest BCUT2D eigenvalue weighted by molar-refractivity contribution is 6.76. The molecule has 0 saturated carbocycles. The molecule has 2 heteroatoms. The Balaban J connectivity index is 1.61. The maximum absolute atomic E-state index is 5.22. The summed E-state index contributed by atoms with van der Waals surface area (Å²) in [6.07, 6.45) is 0. The molecule has 0 spiro atoms. The summed E-state index contributed by atoms with van der Waals surface area (Å²) < 4.78 is 0. The van der Waals surface area contributed by atoms with Crippen LogP contribution in [-0.4, -0.2) is 11.4 Å². The molecule has 0 unspecified atom stereocenters. The van der Waals surface area contributed by atoms with Gasteiger partial charge in [0.2, 0.25) is 0 Å². The molecule has 0 bridgehead atoms. The van der Waals surface area contributed by atoms with Crippen LogP contribution in [0, 0.1) is 0 Å². The number of aliphatic imine (C=N–C) groups is 2. The van der Waals surface area contributed by atoms with E-state index in [0.717, 1.165) is 56.2 Å². The van der Waals surface area contributed by atoms with Gasteiger partial charge in [0.25, 0.3) is 0 Å². The molecule has 150 valence electrons. The Kier molecular flexibility index (Phi) is 4.47. The first kappa shape index (κ1) is 18.5. The van der Waals surface area contributed by atoms with Gasteiger partial charge in [-0.25, -0.2) is 9.98 Å². The number of fused-ring (bicyclic) bond motifs is 1. The molecule has 4 aromatic rings. The highest BCUT2D eigenvalue weighted by Crippen LogP contribution is 2.44. The zero-order valence-electron chi connectivity index (χ0n) is 17.4. The van der Waals surface area contributed by atoms with Crippen molar-refractivity contribution in [3.8, 4) is 0 Å². The van der Waals surface area contributed by atoms with Gasteiger partial charge in [0.05, 0.1) is 11.4 Å². The largest absolute Gasteiger partial charge is 0.245 e. The summed E-state index contributed by atoms with van der Waals surface area (Å²) in [5.74, 6) is 0. The van der Waals surface area contributed by atoms with Crippen molar-refractivity contribution in [2.75, 3.05) is 0 Å². The molecule has 0 N–H and O–H groups in total. The average Bonchev–Trinajstić information content (AvgIpc) is 3.42. The zero-order valence-corrected chi connectivity index (χ0v) is 17.4. The molecule has 6 rings (SSSR count). The van der Waals surface area contributed by atoms with Gasteiger partial charge in [-0.2, -0.15) is 0 Å². The van der Waals surface area contributed by atoms with Gasteiger partial charge in [0.1, 0.15) is 11.4 Å². The van der Waals surface area contributed by atoms with Gasteiger partial charge in [-0.15, -0.1) is 0 Å². The summed E-state index contributed by atoms with van der Waals surface area (Å²) in [6, 6.07) is 41.7. The van der Waals surface area contributed by atoms with Gasteiger partial charge in [-0.3, -0.25) is 0 Å². The maximum Gasteiger partial charge on any atom is 0.100 e. The quantitative estimate of drug-likeness (QED) is 0.346. The summed E-state index contributed by atoms with van der Waals surface area (Å²) in [7, 11) is 0. The lowest BCUT2D eigenvalue weighted by Gasteiger charge is -2.08. The molecule has 0 radical (unpaired) electrons. The number of nitrogens with zero attached hydrogens (tertiary/aromatic N) is 2. The second-order valence-electron chi connectivity index (χ2n) is 7.83. The minimum atomic E-state index is 0.952. The van der Waals surface area contributed by atoms with Crippen molar-refractivity contribution in [3.63, 3.8) is 0 Å². The van der Waals surface area contributed by atoms with Crippen LogP contribution in [0.15, 0.2) is 131 Å². The maximum atomic E-state index is 5.22. The standard InChI is InChI=1S/C30H20N2/c1-5-13-21(14-6-1)25-27(23-17-9-3-10-18-23)31-30-26(22-15-7-2-8-16-22)28(32-29(25)30)24-19-11-4-12-20-24/h1-20H. The van der Waals surface area contributed by atoms with E-state index < -0.39 is 0 Å². The number of rotatable bonds is 4. The smallest absolute Gasteiger partial charge is 0.100 e. The van der Waals surface area contributed by atoms with Crippen LogP contribution in [0.1, 0.15) is 22.3 Å². The second kappa shape index (κ2) is 7.75. The molecule has 0 atom stereocenters. The Bertz CT molecular complexity index is 1210. The van der Waals surface area contributed by atoms with E-state index in [1.165, 1.54) is 0 Å². The van der Waals surface area contributed by atoms with Gasteiger partial charge in [0, 0.05) is 22.3 Å². The molecule has 2 nitrogen and oxygen atoms in total. The first-order valence-corrected chi connectivity index (χ1v) is 10.8. The summed E-state index contributed by atoms with van der Waals surface area (Å²) in [6.45, 7) is 0. The fraction of sp³-hybridized carbons (Fsp3) is 0. The van der Waals surface area contributed by atoms with E-state index in [9.17, 15) is 0 Å². The molecule has 0 saturated heterocycles. The van der Waals surface area contributed by atoms with Crippen LogP contribution in [-0.2, 0) is 0 Å².